The first-order chi connectivity index (χ1) is 41.0. The monoisotopic (exact) mass is 1360 g/mol. The minimum Gasteiger partial charge on any atom is -0.467 e. The number of nitrogens with one attached hydrogen (secondary N) is 3. The van der Waals surface area contributed by atoms with Gasteiger partial charge in [0.2, 0.25) is 36.9 Å². The summed E-state index contributed by atoms with van der Waals surface area (Å²) in [5.74, 6) is -8.55. The van der Waals surface area contributed by atoms with Crippen LogP contribution in [0, 0.1) is 23.3 Å². The zero-order chi connectivity index (χ0) is 63.5. The maximum atomic E-state index is 15.7. The number of aromatic nitrogens is 8. The second kappa shape index (κ2) is 26.5. The highest BCUT2D eigenvalue weighted by molar-refractivity contribution is 9.10. The van der Waals surface area contributed by atoms with Crippen molar-refractivity contribution >= 4 is 134 Å². The molecule has 7 heterocycles. The molecule has 1 aliphatic heterocycles. The van der Waals surface area contributed by atoms with E-state index in [2.05, 4.69) is 60.3 Å². The Morgan fingerprint density at radius 3 is 1.70 bits per heavy atom. The van der Waals surface area contributed by atoms with E-state index >= 15 is 13.2 Å². The molecule has 454 valence electrons. The lowest BCUT2D eigenvalue weighted by atomic mass is 9.79. The molecule has 31 heteroatoms. The molecule has 6 aromatic heterocycles. The minimum absolute atomic E-state index is 0.0280. The predicted octanol–water partition coefficient (Wildman–Crippen LogP) is 11.6. The summed E-state index contributed by atoms with van der Waals surface area (Å²) in [6.07, 6.45) is 12.1. The Bertz CT molecular complexity index is 4320. The van der Waals surface area contributed by atoms with Crippen LogP contribution < -0.4 is 19.6 Å². The van der Waals surface area contributed by atoms with Gasteiger partial charge in [-0.1, -0.05) is 43.1 Å². The number of carbonyl (C=O) groups is 3. The van der Waals surface area contributed by atoms with Crippen molar-refractivity contribution in [3.63, 3.8) is 0 Å². The summed E-state index contributed by atoms with van der Waals surface area (Å²) in [6.45, 7) is 10.7. The van der Waals surface area contributed by atoms with Gasteiger partial charge in [-0.15, -0.1) is 0 Å². The number of H-pyrrole nitrogens is 1. The molecule has 0 aliphatic carbocycles. The van der Waals surface area contributed by atoms with Crippen molar-refractivity contribution in [2.75, 3.05) is 28.1 Å². The molecule has 0 saturated carbocycles. The molecule has 0 radical (unpaired) electrons. The Morgan fingerprint density at radius 1 is 0.678 bits per heavy atom. The van der Waals surface area contributed by atoms with E-state index in [1.54, 1.807) is 38.4 Å². The van der Waals surface area contributed by atoms with Gasteiger partial charge in [-0.2, -0.15) is 0 Å². The Labute approximate surface area is 519 Å². The Kier molecular flexibility index (Phi) is 20.0. The quantitative estimate of drug-likeness (QED) is 0.0351. The predicted molar refractivity (Wildman–Crippen MR) is 325 cm³/mol. The second-order valence-corrected chi connectivity index (χ2v) is 25.8. The lowest BCUT2D eigenvalue weighted by Crippen LogP contribution is -2.41. The molecule has 0 spiro atoms. The molecular formula is C56H49BBrCl3F4N10O10S2. The van der Waals surface area contributed by atoms with Crippen LogP contribution in [0.3, 0.4) is 0 Å². The molecular weight excluding hydrogens is 1310 g/mol. The normalized spacial score (nSPS) is 13.6. The van der Waals surface area contributed by atoms with E-state index in [9.17, 15) is 35.6 Å². The number of benzene rings is 3. The van der Waals surface area contributed by atoms with Crippen LogP contribution in [-0.4, -0.2) is 111 Å². The zero-order valence-corrected chi connectivity index (χ0v) is 52.3. The van der Waals surface area contributed by atoms with Gasteiger partial charge in [0, 0.05) is 82.5 Å². The molecule has 3 N–H and O–H groups in total. The van der Waals surface area contributed by atoms with Gasteiger partial charge in [-0.25, -0.2) is 64.3 Å². The smallest absolute Gasteiger partial charge is 0.467 e. The van der Waals surface area contributed by atoms with Crippen LogP contribution in [0.2, 0.25) is 15.3 Å². The van der Waals surface area contributed by atoms with Crippen molar-refractivity contribution in [1.82, 2.24) is 39.5 Å². The maximum absolute atomic E-state index is 15.7. The SMILES string of the molecule is CCCS(=O)(=O)Nc1ccc(F)c(C(=O)c2c[nH]c3ncc(-c4cnc(OC)nc4)cc23)c1F.CCCS(=O)(=O)Nc1ccc(F)c(C(=O)c2cn(C(=O)c3c(Cl)cccc3Cl)c3ncc(B4OC(C)(C)C(C)(C)O4)cc23)c1F.Clc1ncc(Br)cn1. The molecule has 1 fully saturated rings. The molecule has 3 aromatic carbocycles. The zero-order valence-electron chi connectivity index (χ0n) is 46.8. The van der Waals surface area contributed by atoms with Gasteiger partial charge in [0.05, 0.1) is 78.0 Å². The van der Waals surface area contributed by atoms with E-state index < -0.39 is 102 Å². The Morgan fingerprint density at radius 2 is 1.20 bits per heavy atom. The van der Waals surface area contributed by atoms with E-state index in [1.165, 1.54) is 56.3 Å². The summed E-state index contributed by atoms with van der Waals surface area (Å²) in [5.41, 5.74) is -3.09. The van der Waals surface area contributed by atoms with E-state index in [0.717, 1.165) is 39.5 Å². The minimum atomic E-state index is -3.98. The first-order valence-corrected chi connectivity index (χ1v) is 31.1. The number of anilines is 2. The van der Waals surface area contributed by atoms with Crippen LogP contribution in [-0.2, 0) is 29.4 Å². The van der Waals surface area contributed by atoms with Gasteiger partial charge < -0.3 is 19.0 Å². The first-order valence-electron chi connectivity index (χ1n) is 25.9. The Hall–Kier alpha value is -7.44. The van der Waals surface area contributed by atoms with Gasteiger partial charge in [-0.05, 0) is 117 Å². The molecule has 1 aliphatic rings. The number of hydrogen-bond donors (Lipinski definition) is 3. The largest absolute Gasteiger partial charge is 0.496 e. The van der Waals surface area contributed by atoms with E-state index in [4.69, 9.17) is 48.8 Å². The van der Waals surface area contributed by atoms with Crippen LogP contribution >= 0.6 is 50.7 Å². The Balaban J connectivity index is 0.000000205. The number of nitrogens with zero attached hydrogens (tertiary/aromatic N) is 7. The average molecular weight is 1360 g/mol. The lowest BCUT2D eigenvalue weighted by Gasteiger charge is -2.32. The molecule has 0 unspecified atom stereocenters. The van der Waals surface area contributed by atoms with Crippen molar-refractivity contribution in [1.29, 1.82) is 0 Å². The summed E-state index contributed by atoms with van der Waals surface area (Å²) < 4.78 is 133. The third-order valence-electron chi connectivity index (χ3n) is 13.5. The number of halogens is 8. The summed E-state index contributed by atoms with van der Waals surface area (Å²) in [4.78, 5) is 67.8. The highest BCUT2D eigenvalue weighted by Crippen LogP contribution is 2.38. The molecule has 0 amide bonds. The van der Waals surface area contributed by atoms with E-state index in [1.807, 2.05) is 27.7 Å². The molecule has 10 rings (SSSR count). The summed E-state index contributed by atoms with van der Waals surface area (Å²) in [5, 5.41) is 0.683. The van der Waals surface area contributed by atoms with Gasteiger partial charge in [0.1, 0.15) is 22.9 Å². The molecule has 0 atom stereocenters. The number of fused-ring (bicyclic) bond motifs is 2. The molecule has 87 heavy (non-hydrogen) atoms. The van der Waals surface area contributed by atoms with E-state index in [0.29, 0.717) is 34.0 Å². The molecule has 9 aromatic rings. The number of hydrogen-bond acceptors (Lipinski definition) is 16. The van der Waals surface area contributed by atoms with Crippen molar-refractivity contribution in [3.8, 4) is 17.1 Å². The van der Waals surface area contributed by atoms with Crippen molar-refractivity contribution in [2.45, 2.75) is 65.6 Å². The van der Waals surface area contributed by atoms with Crippen LogP contribution in [0.15, 0.2) is 109 Å². The number of aromatic amines is 1. The van der Waals surface area contributed by atoms with Gasteiger partial charge in [-0.3, -0.25) is 28.4 Å². The molecule has 0 bridgehead atoms. The fourth-order valence-electron chi connectivity index (χ4n) is 8.53. The average Bonchev–Trinajstić information content (AvgIpc) is 1.82. The number of carbonyl (C=O) groups excluding carboxylic acids is 3. The van der Waals surface area contributed by atoms with Crippen molar-refractivity contribution in [2.24, 2.45) is 0 Å². The molecule has 20 nitrogen and oxygen atoms in total. The van der Waals surface area contributed by atoms with Crippen molar-refractivity contribution < 1.29 is 62.8 Å². The van der Waals surface area contributed by atoms with Gasteiger partial charge in [0.25, 0.3) is 5.91 Å². The van der Waals surface area contributed by atoms with Gasteiger partial charge in [0.15, 0.2) is 11.6 Å². The van der Waals surface area contributed by atoms with Gasteiger partial charge >= 0.3 is 13.1 Å². The van der Waals surface area contributed by atoms with Crippen LogP contribution in [0.1, 0.15) is 96.6 Å². The first kappa shape index (κ1) is 65.5. The van der Waals surface area contributed by atoms with Crippen LogP contribution in [0.5, 0.6) is 6.01 Å². The standard InChI is InChI=1S/C30H28BCl2F2N3O6S.C22H19F2N5O4S.C4H2BrClN2/c1-6-12-45(41,42)37-22-11-10-21(34)24(25(22)35)26(39)18-15-38(28(40)23-19(32)8-7-9-20(23)33)27-17(18)13-16(14-36-27)31-43-29(2,3)30(4,5)44-31;1-3-6-34(31,32)29-17-5-4-16(23)18(19(17)24)20(30)15-11-26-21-14(15)7-12(8-25-21)13-9-27-22(33-2)28-10-13;5-3-1-7-4(6)8-2-3/h7-11,13-15,37H,6,12H2,1-5H3;4-5,7-11,29H,3,6H2,1-2H3,(H,25,26);1-2H. The number of ketones is 2. The number of sulfonamides is 2. The summed E-state index contributed by atoms with van der Waals surface area (Å²) in [7, 11) is -7.32. The number of methoxy groups -OCH3 is 1. The topological polar surface area (TPSA) is 269 Å². The number of rotatable bonds is 16. The third-order valence-corrected chi connectivity index (χ3v) is 17.6. The fraction of sp³-hybridized carbons (Fsp3) is 0.232. The maximum Gasteiger partial charge on any atom is 0.496 e. The highest BCUT2D eigenvalue weighted by Gasteiger charge is 2.52. The van der Waals surface area contributed by atoms with Crippen LogP contribution in [0.4, 0.5) is 28.9 Å². The van der Waals surface area contributed by atoms with E-state index in [-0.39, 0.29) is 67.0 Å². The third kappa shape index (κ3) is 14.4. The van der Waals surface area contributed by atoms with Crippen LogP contribution in [0.25, 0.3) is 33.2 Å². The fourth-order valence-corrected chi connectivity index (χ4v) is 11.7. The van der Waals surface area contributed by atoms with Crippen molar-refractivity contribution in [3.05, 3.63) is 175 Å². The number of pyridine rings is 2. The summed E-state index contributed by atoms with van der Waals surface area (Å²) >= 11 is 21.1. The lowest BCUT2D eigenvalue weighted by molar-refractivity contribution is 0.00578. The number of ether oxygens (including phenoxy) is 1. The highest BCUT2D eigenvalue weighted by atomic mass is 79.9. The molecule has 1 saturated heterocycles. The summed E-state index contributed by atoms with van der Waals surface area (Å²) in [6, 6.07) is 11.2. The second-order valence-electron chi connectivity index (χ2n) is 20.1.